The van der Waals surface area contributed by atoms with E-state index in [1.165, 1.54) is 11.3 Å². The number of anilines is 1. The number of aromatic amines is 1. The Labute approximate surface area is 84.0 Å². The maximum atomic E-state index is 3.94. The molecule has 74 valence electrons. The second-order valence-corrected chi connectivity index (χ2v) is 3.94. The third-order valence-corrected chi connectivity index (χ3v) is 2.38. The van der Waals surface area contributed by atoms with E-state index in [1.807, 2.05) is 13.8 Å². The minimum Gasteiger partial charge on any atom is -0.350 e. The first kappa shape index (κ1) is 9.00. The van der Waals surface area contributed by atoms with Crippen molar-refractivity contribution in [3.8, 4) is 0 Å². The van der Waals surface area contributed by atoms with Gasteiger partial charge in [-0.25, -0.2) is 0 Å². The molecule has 2 aromatic heterocycles. The zero-order valence-corrected chi connectivity index (χ0v) is 8.54. The molecule has 0 aliphatic carbocycles. The van der Waals surface area contributed by atoms with Crippen LogP contribution in [0.25, 0.3) is 0 Å². The maximum Gasteiger partial charge on any atom is 0.206 e. The fraction of sp³-hybridized carbons (Fsp3) is 0.500. The number of rotatable bonds is 3. The summed E-state index contributed by atoms with van der Waals surface area (Å²) < 4.78 is 0. The van der Waals surface area contributed by atoms with E-state index in [2.05, 4.69) is 36.1 Å². The summed E-state index contributed by atoms with van der Waals surface area (Å²) in [7, 11) is 0. The number of aryl methyl sites for hydroxylation is 1. The number of hydrogen-bond donors (Lipinski definition) is 2. The van der Waals surface area contributed by atoms with E-state index in [1.54, 1.807) is 0 Å². The van der Waals surface area contributed by atoms with Crippen molar-refractivity contribution in [3.63, 3.8) is 0 Å². The molecule has 2 heterocycles. The Morgan fingerprint density at radius 1 is 1.36 bits per heavy atom. The molecule has 0 saturated heterocycles. The molecule has 0 amide bonds. The Morgan fingerprint density at radius 2 is 2.21 bits per heavy atom. The Balaban J connectivity index is 2.05. The van der Waals surface area contributed by atoms with E-state index in [-0.39, 0.29) is 6.04 Å². The maximum absolute atomic E-state index is 3.94. The highest BCUT2D eigenvalue weighted by Crippen LogP contribution is 2.18. The van der Waals surface area contributed by atoms with E-state index in [0.717, 1.165) is 10.1 Å². The molecule has 14 heavy (non-hydrogen) atoms. The minimum absolute atomic E-state index is 0.0268. The molecule has 0 bridgehead atoms. The highest BCUT2D eigenvalue weighted by atomic mass is 32.1. The quantitative estimate of drug-likeness (QED) is 0.769. The molecule has 0 aromatic carbocycles. The van der Waals surface area contributed by atoms with Gasteiger partial charge in [-0.2, -0.15) is 5.21 Å². The van der Waals surface area contributed by atoms with Crippen LogP contribution in [-0.4, -0.2) is 30.8 Å². The van der Waals surface area contributed by atoms with Crippen LogP contribution in [0.3, 0.4) is 0 Å². The number of H-pyrrole nitrogens is 1. The molecule has 0 aliphatic rings. The van der Waals surface area contributed by atoms with Crippen LogP contribution in [0, 0.1) is 6.92 Å². The molecule has 8 heteroatoms. The van der Waals surface area contributed by atoms with E-state index >= 15 is 0 Å². The van der Waals surface area contributed by atoms with Gasteiger partial charge in [0.25, 0.3) is 0 Å². The summed E-state index contributed by atoms with van der Waals surface area (Å²) in [6.45, 7) is 3.84. The highest BCUT2D eigenvalue weighted by molar-refractivity contribution is 7.15. The van der Waals surface area contributed by atoms with Crippen molar-refractivity contribution >= 4 is 16.5 Å². The molecular weight excluding hydrogens is 202 g/mol. The fourth-order valence-electron chi connectivity index (χ4n) is 0.958. The lowest BCUT2D eigenvalue weighted by Gasteiger charge is -2.06. The first-order chi connectivity index (χ1) is 6.75. The van der Waals surface area contributed by atoms with Gasteiger partial charge in [-0.05, 0) is 13.8 Å². The number of aromatic nitrogens is 6. The molecule has 0 saturated carbocycles. The predicted octanol–water partition coefficient (Wildman–Crippen LogP) is 0.533. The number of nitrogens with zero attached hydrogens (tertiary/aromatic N) is 5. The molecule has 1 unspecified atom stereocenters. The monoisotopic (exact) mass is 211 g/mol. The summed E-state index contributed by atoms with van der Waals surface area (Å²) in [5, 5.41) is 26.3. The topological polar surface area (TPSA) is 92.3 Å². The Hall–Kier alpha value is -1.57. The average molecular weight is 211 g/mol. The molecule has 0 radical (unpaired) electrons. The van der Waals surface area contributed by atoms with Gasteiger partial charge < -0.3 is 5.32 Å². The van der Waals surface area contributed by atoms with Gasteiger partial charge in [0.2, 0.25) is 5.13 Å². The second-order valence-electron chi connectivity index (χ2n) is 2.76. The summed E-state index contributed by atoms with van der Waals surface area (Å²) >= 11 is 1.49. The lowest BCUT2D eigenvalue weighted by molar-refractivity contribution is 0.788. The number of tetrazole rings is 1. The van der Waals surface area contributed by atoms with Gasteiger partial charge in [0, 0.05) is 0 Å². The van der Waals surface area contributed by atoms with Crippen LogP contribution in [0.15, 0.2) is 0 Å². The van der Waals surface area contributed by atoms with Gasteiger partial charge in [-0.3, -0.25) is 0 Å². The van der Waals surface area contributed by atoms with E-state index in [4.69, 9.17) is 0 Å². The smallest absolute Gasteiger partial charge is 0.206 e. The molecule has 7 nitrogen and oxygen atoms in total. The van der Waals surface area contributed by atoms with Crippen molar-refractivity contribution in [2.45, 2.75) is 19.9 Å². The van der Waals surface area contributed by atoms with Gasteiger partial charge in [0.1, 0.15) is 5.01 Å². The van der Waals surface area contributed by atoms with Gasteiger partial charge in [0.15, 0.2) is 5.82 Å². The summed E-state index contributed by atoms with van der Waals surface area (Å²) in [4.78, 5) is 0. The van der Waals surface area contributed by atoms with E-state index in [0.29, 0.717) is 5.82 Å². The largest absolute Gasteiger partial charge is 0.350 e. The van der Waals surface area contributed by atoms with Gasteiger partial charge in [-0.15, -0.1) is 20.4 Å². The van der Waals surface area contributed by atoms with Crippen LogP contribution in [-0.2, 0) is 0 Å². The van der Waals surface area contributed by atoms with Crippen LogP contribution in [0.2, 0.25) is 0 Å². The van der Waals surface area contributed by atoms with Crippen molar-refractivity contribution in [1.82, 2.24) is 30.8 Å². The standard InChI is InChI=1S/C6H9N7S/c1-3(5-9-12-13-10-5)7-6-11-8-4(2)14-6/h3H,1-2H3,(H,7,11)(H,9,10,12,13). The van der Waals surface area contributed by atoms with Crippen molar-refractivity contribution in [1.29, 1.82) is 0 Å². The summed E-state index contributed by atoms with van der Waals surface area (Å²) in [5.74, 6) is 0.609. The third kappa shape index (κ3) is 1.84. The number of hydrogen-bond acceptors (Lipinski definition) is 7. The van der Waals surface area contributed by atoms with Gasteiger partial charge in [0.05, 0.1) is 6.04 Å². The molecule has 2 N–H and O–H groups in total. The predicted molar refractivity (Wildman–Crippen MR) is 50.9 cm³/mol. The molecular formula is C6H9N7S. The minimum atomic E-state index is -0.0268. The van der Waals surface area contributed by atoms with E-state index < -0.39 is 0 Å². The highest BCUT2D eigenvalue weighted by Gasteiger charge is 2.11. The molecule has 2 rings (SSSR count). The van der Waals surface area contributed by atoms with Gasteiger partial charge in [-0.1, -0.05) is 16.6 Å². The second kappa shape index (κ2) is 3.66. The third-order valence-electron chi connectivity index (χ3n) is 1.62. The molecule has 2 aromatic rings. The SMILES string of the molecule is Cc1nnc(NC(C)c2nn[nH]n2)s1. The van der Waals surface area contributed by atoms with Crippen LogP contribution in [0.1, 0.15) is 23.8 Å². The molecule has 0 fully saturated rings. The fourth-order valence-corrected chi connectivity index (χ4v) is 1.64. The average Bonchev–Trinajstić information content (AvgIpc) is 2.75. The zero-order chi connectivity index (χ0) is 9.97. The van der Waals surface area contributed by atoms with Crippen molar-refractivity contribution < 1.29 is 0 Å². The molecule has 1 atom stereocenters. The lowest BCUT2D eigenvalue weighted by atomic mass is 10.3. The zero-order valence-electron chi connectivity index (χ0n) is 7.72. The Morgan fingerprint density at radius 3 is 2.79 bits per heavy atom. The van der Waals surface area contributed by atoms with Crippen molar-refractivity contribution in [2.24, 2.45) is 0 Å². The summed E-state index contributed by atoms with van der Waals surface area (Å²) in [5.41, 5.74) is 0. The first-order valence-corrected chi connectivity index (χ1v) is 4.87. The van der Waals surface area contributed by atoms with Gasteiger partial charge >= 0.3 is 0 Å². The normalized spacial score (nSPS) is 12.7. The molecule has 0 spiro atoms. The van der Waals surface area contributed by atoms with Crippen LogP contribution in [0.4, 0.5) is 5.13 Å². The Bertz CT molecular complexity index is 394. The Kier molecular flexibility index (Phi) is 2.35. The molecule has 0 aliphatic heterocycles. The van der Waals surface area contributed by atoms with Crippen molar-refractivity contribution in [2.75, 3.05) is 5.32 Å². The van der Waals surface area contributed by atoms with Crippen LogP contribution >= 0.6 is 11.3 Å². The first-order valence-electron chi connectivity index (χ1n) is 4.05. The summed E-state index contributed by atoms with van der Waals surface area (Å²) in [6.07, 6.45) is 0. The van der Waals surface area contributed by atoms with Crippen molar-refractivity contribution in [3.05, 3.63) is 10.8 Å². The number of nitrogens with one attached hydrogen (secondary N) is 2. The van der Waals surface area contributed by atoms with Crippen LogP contribution < -0.4 is 5.32 Å². The lowest BCUT2D eigenvalue weighted by Crippen LogP contribution is -2.08. The summed E-state index contributed by atoms with van der Waals surface area (Å²) in [6, 6.07) is -0.0268. The van der Waals surface area contributed by atoms with E-state index in [9.17, 15) is 0 Å². The van der Waals surface area contributed by atoms with Crippen LogP contribution in [0.5, 0.6) is 0 Å².